The van der Waals surface area contributed by atoms with E-state index in [4.69, 9.17) is 0 Å². The highest BCUT2D eigenvalue weighted by molar-refractivity contribution is 5.06. The van der Waals surface area contributed by atoms with Gasteiger partial charge < -0.3 is 5.32 Å². The van der Waals surface area contributed by atoms with E-state index in [0.29, 0.717) is 17.0 Å². The number of nitrogens with zero attached hydrogens (tertiary/aromatic N) is 1. The fourth-order valence-corrected chi connectivity index (χ4v) is 4.09. The summed E-state index contributed by atoms with van der Waals surface area (Å²) in [6, 6.07) is 0.708. The summed E-state index contributed by atoms with van der Waals surface area (Å²) in [4.78, 5) is 2.85. The predicted molar refractivity (Wildman–Crippen MR) is 81.3 cm³/mol. The highest BCUT2D eigenvalue weighted by Gasteiger charge is 2.48. The quantitative estimate of drug-likeness (QED) is 0.841. The van der Waals surface area contributed by atoms with Crippen LogP contribution in [0.1, 0.15) is 59.8 Å². The lowest BCUT2D eigenvalue weighted by Gasteiger charge is -2.52. The molecule has 2 nitrogen and oxygen atoms in total. The molecule has 2 atom stereocenters. The normalized spacial score (nSPS) is 38.2. The first-order valence-electron chi connectivity index (χ1n) is 8.37. The van der Waals surface area contributed by atoms with Crippen LogP contribution in [-0.2, 0) is 0 Å². The van der Waals surface area contributed by atoms with Crippen molar-refractivity contribution in [3.63, 3.8) is 0 Å². The lowest BCUT2D eigenvalue weighted by atomic mass is 9.78. The third-order valence-electron chi connectivity index (χ3n) is 5.87. The van der Waals surface area contributed by atoms with Gasteiger partial charge in [-0.3, -0.25) is 4.90 Å². The van der Waals surface area contributed by atoms with Crippen molar-refractivity contribution in [3.8, 4) is 0 Å². The Hall–Kier alpha value is -0.0800. The summed E-state index contributed by atoms with van der Waals surface area (Å²) in [5, 5.41) is 3.91. The van der Waals surface area contributed by atoms with Gasteiger partial charge >= 0.3 is 0 Å². The maximum absolute atomic E-state index is 3.91. The van der Waals surface area contributed by atoms with E-state index in [9.17, 15) is 0 Å². The number of piperazine rings is 1. The molecule has 0 aromatic heterocycles. The summed E-state index contributed by atoms with van der Waals surface area (Å²) >= 11 is 0. The zero-order valence-corrected chi connectivity index (χ0v) is 13.3. The molecule has 0 aromatic carbocycles. The van der Waals surface area contributed by atoms with E-state index in [1.54, 1.807) is 0 Å². The molecule has 0 radical (unpaired) electrons. The summed E-state index contributed by atoms with van der Waals surface area (Å²) in [5.41, 5.74) is 0.785. The van der Waals surface area contributed by atoms with Gasteiger partial charge in [0.2, 0.25) is 0 Å². The fraction of sp³-hybridized carbons (Fsp3) is 1.00. The molecule has 19 heavy (non-hydrogen) atoms. The van der Waals surface area contributed by atoms with E-state index in [1.807, 2.05) is 0 Å². The summed E-state index contributed by atoms with van der Waals surface area (Å²) in [6.07, 6.45) is 7.31. The highest BCUT2D eigenvalue weighted by Crippen LogP contribution is 2.43. The second-order valence-corrected chi connectivity index (χ2v) is 8.68. The van der Waals surface area contributed by atoms with Gasteiger partial charge in [-0.25, -0.2) is 0 Å². The molecule has 1 saturated heterocycles. The van der Waals surface area contributed by atoms with Gasteiger partial charge in [0.15, 0.2) is 0 Å². The molecule has 1 aliphatic heterocycles. The standard InChI is InChI=1S/C17H32N2/c1-16(2,3)15-10-18-17(4,14-8-9-14)12-19(15)11-13-6-5-7-13/h13-15,18H,5-12H2,1-4H3. The third kappa shape index (κ3) is 2.85. The molecule has 110 valence electrons. The number of nitrogens with one attached hydrogen (secondary N) is 1. The van der Waals surface area contributed by atoms with Gasteiger partial charge in [-0.1, -0.05) is 27.2 Å². The first kappa shape index (κ1) is 13.9. The Morgan fingerprint density at radius 1 is 1.16 bits per heavy atom. The zero-order valence-electron chi connectivity index (χ0n) is 13.3. The van der Waals surface area contributed by atoms with Gasteiger partial charge in [-0.2, -0.15) is 0 Å². The topological polar surface area (TPSA) is 15.3 Å². The van der Waals surface area contributed by atoms with Crippen LogP contribution in [0.3, 0.4) is 0 Å². The van der Waals surface area contributed by atoms with E-state index in [0.717, 1.165) is 11.8 Å². The van der Waals surface area contributed by atoms with Crippen LogP contribution in [0.25, 0.3) is 0 Å². The molecule has 2 saturated carbocycles. The Morgan fingerprint density at radius 2 is 1.84 bits per heavy atom. The van der Waals surface area contributed by atoms with Crippen molar-refractivity contribution in [2.75, 3.05) is 19.6 Å². The summed E-state index contributed by atoms with van der Waals surface area (Å²) in [5.74, 6) is 1.93. The lowest BCUT2D eigenvalue weighted by Crippen LogP contribution is -2.67. The van der Waals surface area contributed by atoms with Crippen LogP contribution >= 0.6 is 0 Å². The maximum atomic E-state index is 3.91. The number of rotatable bonds is 3. The first-order valence-corrected chi connectivity index (χ1v) is 8.37. The van der Waals surface area contributed by atoms with Crippen LogP contribution in [0.15, 0.2) is 0 Å². The smallest absolute Gasteiger partial charge is 0.0309 e. The van der Waals surface area contributed by atoms with Crippen LogP contribution in [0, 0.1) is 17.3 Å². The Kier molecular flexibility index (Phi) is 3.46. The number of hydrogen-bond acceptors (Lipinski definition) is 2. The molecular weight excluding hydrogens is 232 g/mol. The second-order valence-electron chi connectivity index (χ2n) is 8.68. The van der Waals surface area contributed by atoms with Crippen molar-refractivity contribution in [2.45, 2.75) is 71.4 Å². The van der Waals surface area contributed by atoms with E-state index in [2.05, 4.69) is 37.9 Å². The Labute approximate surface area is 119 Å². The van der Waals surface area contributed by atoms with Crippen molar-refractivity contribution >= 4 is 0 Å². The molecule has 0 spiro atoms. The molecule has 1 heterocycles. The molecule has 0 aromatic rings. The Bertz CT molecular complexity index is 325. The van der Waals surface area contributed by atoms with E-state index in [1.165, 1.54) is 51.7 Å². The van der Waals surface area contributed by atoms with Crippen LogP contribution in [0.5, 0.6) is 0 Å². The van der Waals surface area contributed by atoms with Crippen molar-refractivity contribution < 1.29 is 0 Å². The maximum Gasteiger partial charge on any atom is 0.0309 e. The first-order chi connectivity index (χ1) is 8.88. The summed E-state index contributed by atoms with van der Waals surface area (Å²) in [7, 11) is 0. The predicted octanol–water partition coefficient (Wildman–Crippen LogP) is 3.28. The van der Waals surface area contributed by atoms with E-state index < -0.39 is 0 Å². The molecule has 0 amide bonds. The van der Waals surface area contributed by atoms with Crippen molar-refractivity contribution in [3.05, 3.63) is 0 Å². The van der Waals surface area contributed by atoms with Gasteiger partial charge in [-0.15, -0.1) is 0 Å². The van der Waals surface area contributed by atoms with Crippen LogP contribution < -0.4 is 5.32 Å². The number of hydrogen-bond donors (Lipinski definition) is 1. The molecule has 2 heteroatoms. The Morgan fingerprint density at radius 3 is 2.32 bits per heavy atom. The van der Waals surface area contributed by atoms with Gasteiger partial charge in [0.05, 0.1) is 0 Å². The Balaban J connectivity index is 1.70. The zero-order chi connectivity index (χ0) is 13.7. The highest BCUT2D eigenvalue weighted by atomic mass is 15.3. The van der Waals surface area contributed by atoms with Gasteiger partial charge in [0.1, 0.15) is 0 Å². The molecule has 3 rings (SSSR count). The fourth-order valence-electron chi connectivity index (χ4n) is 4.09. The second kappa shape index (κ2) is 4.73. The van der Waals surface area contributed by atoms with Crippen LogP contribution in [0.4, 0.5) is 0 Å². The molecule has 2 aliphatic carbocycles. The molecule has 2 unspecified atom stereocenters. The largest absolute Gasteiger partial charge is 0.308 e. The molecule has 3 aliphatic rings. The van der Waals surface area contributed by atoms with E-state index >= 15 is 0 Å². The average molecular weight is 264 g/mol. The van der Waals surface area contributed by atoms with Crippen molar-refractivity contribution in [2.24, 2.45) is 17.3 Å². The SMILES string of the molecule is CC(C)(C)C1CNC(C)(C2CC2)CN1CC1CCC1. The monoisotopic (exact) mass is 264 g/mol. The van der Waals surface area contributed by atoms with Gasteiger partial charge in [0, 0.05) is 31.2 Å². The van der Waals surface area contributed by atoms with Gasteiger partial charge in [-0.05, 0) is 49.9 Å². The summed E-state index contributed by atoms with van der Waals surface area (Å²) < 4.78 is 0. The average Bonchev–Trinajstić information content (AvgIpc) is 3.05. The van der Waals surface area contributed by atoms with Crippen molar-refractivity contribution in [1.82, 2.24) is 10.2 Å². The van der Waals surface area contributed by atoms with E-state index in [-0.39, 0.29) is 0 Å². The molecule has 0 bridgehead atoms. The van der Waals surface area contributed by atoms with Crippen LogP contribution in [0.2, 0.25) is 0 Å². The molecular formula is C17H32N2. The minimum atomic E-state index is 0.391. The summed E-state index contributed by atoms with van der Waals surface area (Å²) in [6.45, 7) is 13.5. The lowest BCUT2D eigenvalue weighted by molar-refractivity contribution is 0.00152. The molecule has 3 fully saturated rings. The third-order valence-corrected chi connectivity index (χ3v) is 5.87. The minimum absolute atomic E-state index is 0.391. The van der Waals surface area contributed by atoms with Crippen LogP contribution in [-0.4, -0.2) is 36.1 Å². The minimum Gasteiger partial charge on any atom is -0.308 e. The molecule has 1 N–H and O–H groups in total. The van der Waals surface area contributed by atoms with Crippen molar-refractivity contribution in [1.29, 1.82) is 0 Å². The van der Waals surface area contributed by atoms with Gasteiger partial charge in [0.25, 0.3) is 0 Å².